The quantitative estimate of drug-likeness (QED) is 0.713. The van der Waals surface area contributed by atoms with Crippen molar-refractivity contribution in [3.05, 3.63) is 0 Å². The van der Waals surface area contributed by atoms with Gasteiger partial charge in [0.05, 0.1) is 19.1 Å². The van der Waals surface area contributed by atoms with Crippen LogP contribution in [0, 0.1) is 0 Å². The minimum absolute atomic E-state index is 0.0405. The monoisotopic (exact) mass is 215 g/mol. The lowest BCUT2D eigenvalue weighted by atomic mass is 9.94. The number of nitrogens with one attached hydrogen (secondary N) is 1. The number of carbonyl (C=O) groups excluding carboxylic acids is 1. The van der Waals surface area contributed by atoms with Crippen LogP contribution in [0.25, 0.3) is 0 Å². The summed E-state index contributed by atoms with van der Waals surface area (Å²) in [5.41, 5.74) is -0.0405. The molecule has 1 fully saturated rings. The van der Waals surface area contributed by atoms with Gasteiger partial charge in [-0.25, -0.2) is 0 Å². The second-order valence-electron chi connectivity index (χ2n) is 4.58. The van der Waals surface area contributed by atoms with E-state index in [4.69, 9.17) is 4.74 Å². The van der Waals surface area contributed by atoms with E-state index in [0.29, 0.717) is 19.0 Å². The molecule has 0 amide bonds. The number of hydrogen-bond donors (Lipinski definition) is 1. The molecule has 1 rings (SSSR count). The van der Waals surface area contributed by atoms with Crippen LogP contribution in [-0.2, 0) is 14.3 Å². The van der Waals surface area contributed by atoms with Gasteiger partial charge in [0, 0.05) is 19.2 Å². The molecule has 0 aliphatic carbocycles. The first-order chi connectivity index (χ1) is 7.03. The molecule has 0 saturated carbocycles. The lowest BCUT2D eigenvalue weighted by Crippen LogP contribution is -2.44. The molecule has 1 unspecified atom stereocenters. The molecule has 1 atom stereocenters. The van der Waals surface area contributed by atoms with E-state index in [9.17, 15) is 4.79 Å². The van der Waals surface area contributed by atoms with Crippen LogP contribution in [0.15, 0.2) is 0 Å². The third-order valence-electron chi connectivity index (χ3n) is 2.69. The summed E-state index contributed by atoms with van der Waals surface area (Å²) in [6.45, 7) is 5.68. The number of hydrogen-bond acceptors (Lipinski definition) is 4. The first-order valence-electron chi connectivity index (χ1n) is 5.48. The van der Waals surface area contributed by atoms with Gasteiger partial charge in [-0.15, -0.1) is 0 Å². The summed E-state index contributed by atoms with van der Waals surface area (Å²) in [7, 11) is 1.42. The largest absolute Gasteiger partial charge is 0.469 e. The maximum Gasteiger partial charge on any atom is 0.306 e. The second kappa shape index (κ2) is 5.47. The summed E-state index contributed by atoms with van der Waals surface area (Å²) >= 11 is 0. The van der Waals surface area contributed by atoms with E-state index in [2.05, 4.69) is 23.9 Å². The predicted molar refractivity (Wildman–Crippen MR) is 57.7 cm³/mol. The zero-order valence-electron chi connectivity index (χ0n) is 9.84. The fraction of sp³-hybridized carbons (Fsp3) is 0.909. The highest BCUT2D eigenvalue weighted by Crippen LogP contribution is 2.23. The van der Waals surface area contributed by atoms with E-state index in [1.807, 2.05) is 0 Å². The van der Waals surface area contributed by atoms with Crippen LogP contribution < -0.4 is 5.32 Å². The van der Waals surface area contributed by atoms with Crippen LogP contribution >= 0.6 is 0 Å². The zero-order valence-corrected chi connectivity index (χ0v) is 9.84. The lowest BCUT2D eigenvalue weighted by Gasteiger charge is -2.35. The van der Waals surface area contributed by atoms with Crippen molar-refractivity contribution in [2.24, 2.45) is 0 Å². The molecule has 15 heavy (non-hydrogen) atoms. The van der Waals surface area contributed by atoms with E-state index in [0.717, 1.165) is 19.4 Å². The molecule has 88 valence electrons. The van der Waals surface area contributed by atoms with Gasteiger partial charge in [-0.3, -0.25) is 4.79 Å². The minimum atomic E-state index is -0.159. The van der Waals surface area contributed by atoms with Crippen molar-refractivity contribution in [3.63, 3.8) is 0 Å². The standard InChI is InChI=1S/C11H21NO3/c1-11(2)8-9(5-7-15-11)12-6-4-10(13)14-3/h9,12H,4-8H2,1-3H3. The van der Waals surface area contributed by atoms with Crippen molar-refractivity contribution in [1.82, 2.24) is 5.32 Å². The number of ether oxygens (including phenoxy) is 2. The van der Waals surface area contributed by atoms with Crippen LogP contribution in [0.1, 0.15) is 33.1 Å². The highest BCUT2D eigenvalue weighted by molar-refractivity contribution is 5.69. The Bertz CT molecular complexity index is 216. The molecule has 1 aliphatic heterocycles. The van der Waals surface area contributed by atoms with E-state index < -0.39 is 0 Å². The van der Waals surface area contributed by atoms with E-state index in [-0.39, 0.29) is 11.6 Å². The summed E-state index contributed by atoms with van der Waals surface area (Å²) in [4.78, 5) is 10.9. The Morgan fingerprint density at radius 3 is 2.93 bits per heavy atom. The van der Waals surface area contributed by atoms with Crippen LogP contribution in [0.5, 0.6) is 0 Å². The summed E-state index contributed by atoms with van der Waals surface area (Å²) in [6, 6.07) is 0.457. The normalized spacial score (nSPS) is 24.9. The van der Waals surface area contributed by atoms with Gasteiger partial charge in [-0.05, 0) is 26.7 Å². The first-order valence-corrected chi connectivity index (χ1v) is 5.48. The Kier molecular flexibility index (Phi) is 4.54. The maximum absolute atomic E-state index is 10.9. The number of carbonyl (C=O) groups is 1. The van der Waals surface area contributed by atoms with E-state index in [1.54, 1.807) is 0 Å². The number of methoxy groups -OCH3 is 1. The fourth-order valence-corrected chi connectivity index (χ4v) is 1.89. The molecule has 4 nitrogen and oxygen atoms in total. The van der Waals surface area contributed by atoms with Gasteiger partial charge >= 0.3 is 5.97 Å². The molecule has 0 aromatic rings. The summed E-state index contributed by atoms with van der Waals surface area (Å²) < 4.78 is 10.2. The van der Waals surface area contributed by atoms with Crippen molar-refractivity contribution in [1.29, 1.82) is 0 Å². The molecule has 0 aromatic heterocycles. The summed E-state index contributed by atoms with van der Waals surface area (Å²) in [5, 5.41) is 3.36. The van der Waals surface area contributed by atoms with Gasteiger partial charge in [0.2, 0.25) is 0 Å². The van der Waals surface area contributed by atoms with Crippen molar-refractivity contribution < 1.29 is 14.3 Å². The number of esters is 1. The van der Waals surface area contributed by atoms with Gasteiger partial charge < -0.3 is 14.8 Å². The van der Waals surface area contributed by atoms with Crippen LogP contribution in [-0.4, -0.2) is 37.9 Å². The minimum Gasteiger partial charge on any atom is -0.469 e. The van der Waals surface area contributed by atoms with E-state index in [1.165, 1.54) is 7.11 Å². The molecule has 1 N–H and O–H groups in total. The molecule has 1 heterocycles. The Labute approximate surface area is 91.3 Å². The van der Waals surface area contributed by atoms with Gasteiger partial charge in [0.1, 0.15) is 0 Å². The topological polar surface area (TPSA) is 47.6 Å². The highest BCUT2D eigenvalue weighted by Gasteiger charge is 2.28. The zero-order chi connectivity index (χ0) is 11.3. The van der Waals surface area contributed by atoms with Crippen molar-refractivity contribution in [3.8, 4) is 0 Å². The van der Waals surface area contributed by atoms with Crippen LogP contribution in [0.3, 0.4) is 0 Å². The van der Waals surface area contributed by atoms with Crippen molar-refractivity contribution in [2.45, 2.75) is 44.8 Å². The maximum atomic E-state index is 10.9. The van der Waals surface area contributed by atoms with Crippen molar-refractivity contribution >= 4 is 5.97 Å². The Hall–Kier alpha value is -0.610. The Balaban J connectivity index is 2.18. The number of rotatable bonds is 4. The third-order valence-corrected chi connectivity index (χ3v) is 2.69. The summed E-state index contributed by atoms with van der Waals surface area (Å²) in [5.74, 6) is -0.159. The lowest BCUT2D eigenvalue weighted by molar-refractivity contribution is -0.140. The van der Waals surface area contributed by atoms with Gasteiger partial charge in [0.25, 0.3) is 0 Å². The fourth-order valence-electron chi connectivity index (χ4n) is 1.89. The average molecular weight is 215 g/mol. The Morgan fingerprint density at radius 1 is 1.60 bits per heavy atom. The van der Waals surface area contributed by atoms with Gasteiger partial charge in [0.15, 0.2) is 0 Å². The third kappa shape index (κ3) is 4.62. The molecule has 1 aliphatic rings. The van der Waals surface area contributed by atoms with Gasteiger partial charge in [-0.1, -0.05) is 0 Å². The molecule has 0 aromatic carbocycles. The SMILES string of the molecule is COC(=O)CCNC1CCOC(C)(C)C1. The molecule has 4 heteroatoms. The summed E-state index contributed by atoms with van der Waals surface area (Å²) in [6.07, 6.45) is 2.45. The predicted octanol–water partition coefficient (Wildman–Crippen LogP) is 1.10. The van der Waals surface area contributed by atoms with E-state index >= 15 is 0 Å². The first kappa shape index (κ1) is 12.5. The molecular formula is C11H21NO3. The molecule has 0 bridgehead atoms. The van der Waals surface area contributed by atoms with Crippen LogP contribution in [0.2, 0.25) is 0 Å². The molecule has 0 spiro atoms. The highest BCUT2D eigenvalue weighted by atomic mass is 16.5. The van der Waals surface area contributed by atoms with Crippen molar-refractivity contribution in [2.75, 3.05) is 20.3 Å². The van der Waals surface area contributed by atoms with Gasteiger partial charge in [-0.2, -0.15) is 0 Å². The average Bonchev–Trinajstić information content (AvgIpc) is 2.16. The molecular weight excluding hydrogens is 194 g/mol. The molecule has 0 radical (unpaired) electrons. The second-order valence-corrected chi connectivity index (χ2v) is 4.58. The van der Waals surface area contributed by atoms with Crippen LogP contribution in [0.4, 0.5) is 0 Å². The smallest absolute Gasteiger partial charge is 0.306 e. The molecule has 1 saturated heterocycles. The Morgan fingerprint density at radius 2 is 2.33 bits per heavy atom.